The van der Waals surface area contributed by atoms with Crippen molar-refractivity contribution in [3.8, 4) is 0 Å². The Morgan fingerprint density at radius 2 is 1.88 bits per heavy atom. The molecule has 0 saturated heterocycles. The third-order valence-corrected chi connectivity index (χ3v) is 2.00. The van der Waals surface area contributed by atoms with Crippen molar-refractivity contribution in [2.45, 2.75) is 20.8 Å². The number of nitrogens with zero attached hydrogens (tertiary/aromatic N) is 1. The summed E-state index contributed by atoms with van der Waals surface area (Å²) in [6, 6.07) is 7.10. The summed E-state index contributed by atoms with van der Waals surface area (Å²) in [5.74, 6) is -0.404. The number of hydrogen-bond donors (Lipinski definition) is 1. The zero-order valence-corrected chi connectivity index (χ0v) is 10.0. The minimum atomic E-state index is -0.404. The van der Waals surface area contributed by atoms with E-state index < -0.39 is 5.91 Å². The average Bonchev–Trinajstić information content (AvgIpc) is 2.16. The van der Waals surface area contributed by atoms with Crippen LogP contribution in [0.1, 0.15) is 36.7 Å². The zero-order valence-electron chi connectivity index (χ0n) is 10.0. The fourth-order valence-electron chi connectivity index (χ4n) is 1.16. The first-order chi connectivity index (χ1) is 7.38. The van der Waals surface area contributed by atoms with Crippen LogP contribution in [-0.4, -0.2) is 18.7 Å². The normalized spacial score (nSPS) is 11.9. The van der Waals surface area contributed by atoms with Gasteiger partial charge in [-0.25, -0.2) is 0 Å². The summed E-state index contributed by atoms with van der Waals surface area (Å²) in [4.78, 5) is 15.2. The predicted molar refractivity (Wildman–Crippen MR) is 66.9 cm³/mol. The summed E-state index contributed by atoms with van der Waals surface area (Å²) >= 11 is 0. The van der Waals surface area contributed by atoms with Gasteiger partial charge in [-0.05, 0) is 23.1 Å². The van der Waals surface area contributed by atoms with Gasteiger partial charge >= 0.3 is 0 Å². The van der Waals surface area contributed by atoms with E-state index >= 15 is 0 Å². The van der Waals surface area contributed by atoms with Gasteiger partial charge in [0.1, 0.15) is 0 Å². The van der Waals surface area contributed by atoms with Gasteiger partial charge in [-0.1, -0.05) is 32.9 Å². The maximum atomic E-state index is 10.8. The van der Waals surface area contributed by atoms with E-state index in [0.717, 1.165) is 12.1 Å². The summed E-state index contributed by atoms with van der Waals surface area (Å²) in [6.07, 6.45) is 1.82. The molecule has 1 aromatic carbocycles. The number of hydrogen-bond acceptors (Lipinski definition) is 2. The molecule has 0 radical (unpaired) electrons. The number of benzene rings is 1. The second-order valence-electron chi connectivity index (χ2n) is 5.02. The monoisotopic (exact) mass is 218 g/mol. The maximum Gasteiger partial charge on any atom is 0.248 e. The quantitative estimate of drug-likeness (QED) is 0.777. The molecule has 0 bridgehead atoms. The fourth-order valence-corrected chi connectivity index (χ4v) is 1.16. The van der Waals surface area contributed by atoms with E-state index in [1.54, 1.807) is 12.1 Å². The van der Waals surface area contributed by atoms with Gasteiger partial charge in [0.25, 0.3) is 0 Å². The van der Waals surface area contributed by atoms with Crippen LogP contribution in [0, 0.1) is 5.41 Å². The minimum Gasteiger partial charge on any atom is -0.366 e. The molecule has 16 heavy (non-hydrogen) atoms. The highest BCUT2D eigenvalue weighted by Crippen LogP contribution is 2.12. The Labute approximate surface area is 96.4 Å². The Balaban J connectivity index is 2.65. The molecule has 0 aromatic heterocycles. The van der Waals surface area contributed by atoms with Gasteiger partial charge in [-0.15, -0.1) is 0 Å². The van der Waals surface area contributed by atoms with Gasteiger partial charge in [-0.3, -0.25) is 9.79 Å². The van der Waals surface area contributed by atoms with E-state index in [-0.39, 0.29) is 5.41 Å². The van der Waals surface area contributed by atoms with Crippen LogP contribution in [0.2, 0.25) is 0 Å². The summed E-state index contributed by atoms with van der Waals surface area (Å²) in [6.45, 7) is 7.20. The van der Waals surface area contributed by atoms with Crippen LogP contribution in [0.5, 0.6) is 0 Å². The van der Waals surface area contributed by atoms with Gasteiger partial charge in [-0.2, -0.15) is 0 Å². The molecule has 0 aliphatic heterocycles. The fraction of sp³-hybridized carbons (Fsp3) is 0.385. The molecule has 0 heterocycles. The number of carbonyl (C=O) groups is 1. The maximum absolute atomic E-state index is 10.8. The molecule has 86 valence electrons. The Morgan fingerprint density at radius 3 is 2.31 bits per heavy atom. The number of aliphatic imine (C=N–C) groups is 1. The molecule has 3 heteroatoms. The third kappa shape index (κ3) is 4.26. The predicted octanol–water partition coefficient (Wildman–Crippen LogP) is 2.25. The van der Waals surface area contributed by atoms with Crippen LogP contribution in [0.25, 0.3) is 0 Å². The molecular weight excluding hydrogens is 200 g/mol. The van der Waals surface area contributed by atoms with E-state index in [1.165, 1.54) is 0 Å². The first-order valence-corrected chi connectivity index (χ1v) is 5.28. The van der Waals surface area contributed by atoms with Gasteiger partial charge in [0, 0.05) is 18.3 Å². The lowest BCUT2D eigenvalue weighted by atomic mass is 9.97. The number of rotatable bonds is 3. The van der Waals surface area contributed by atoms with Crippen molar-refractivity contribution >= 4 is 12.1 Å². The molecular formula is C13H18N2O. The molecule has 0 aliphatic carbocycles. The number of nitrogens with two attached hydrogens (primary N) is 1. The van der Waals surface area contributed by atoms with E-state index in [2.05, 4.69) is 25.8 Å². The zero-order chi connectivity index (χ0) is 12.2. The van der Waals surface area contributed by atoms with Gasteiger partial charge in [0.05, 0.1) is 0 Å². The highest BCUT2D eigenvalue weighted by molar-refractivity contribution is 5.93. The van der Waals surface area contributed by atoms with E-state index in [4.69, 9.17) is 5.73 Å². The molecule has 3 nitrogen and oxygen atoms in total. The number of carbonyl (C=O) groups excluding carboxylic acids is 1. The molecule has 0 saturated carbocycles. The summed E-state index contributed by atoms with van der Waals surface area (Å²) in [5, 5.41) is 0. The van der Waals surface area contributed by atoms with Crippen molar-refractivity contribution in [2.24, 2.45) is 16.1 Å². The van der Waals surface area contributed by atoms with Gasteiger partial charge in [0.15, 0.2) is 0 Å². The first kappa shape index (κ1) is 12.4. The standard InChI is InChI=1S/C13H18N2O/c1-13(2,3)9-15-8-10-4-6-11(7-5-10)12(14)16/h4-8H,9H2,1-3H3,(H2,14,16). The Kier molecular flexibility index (Phi) is 3.82. The summed E-state index contributed by atoms with van der Waals surface area (Å²) < 4.78 is 0. The lowest BCUT2D eigenvalue weighted by Crippen LogP contribution is -2.10. The minimum absolute atomic E-state index is 0.198. The van der Waals surface area contributed by atoms with Crippen LogP contribution in [0.15, 0.2) is 29.3 Å². The second kappa shape index (κ2) is 4.92. The Hall–Kier alpha value is -1.64. The first-order valence-electron chi connectivity index (χ1n) is 5.28. The molecule has 0 unspecified atom stereocenters. The molecule has 0 spiro atoms. The number of amides is 1. The largest absolute Gasteiger partial charge is 0.366 e. The van der Waals surface area contributed by atoms with Crippen molar-refractivity contribution in [1.82, 2.24) is 0 Å². The van der Waals surface area contributed by atoms with Crippen LogP contribution in [0.3, 0.4) is 0 Å². The summed E-state index contributed by atoms with van der Waals surface area (Å²) in [7, 11) is 0. The van der Waals surface area contributed by atoms with Crippen molar-refractivity contribution in [3.63, 3.8) is 0 Å². The molecule has 0 fully saturated rings. The van der Waals surface area contributed by atoms with Gasteiger partial charge in [0.2, 0.25) is 5.91 Å². The highest BCUT2D eigenvalue weighted by atomic mass is 16.1. The highest BCUT2D eigenvalue weighted by Gasteiger charge is 2.07. The second-order valence-corrected chi connectivity index (χ2v) is 5.02. The van der Waals surface area contributed by atoms with Crippen LogP contribution in [0.4, 0.5) is 0 Å². The van der Waals surface area contributed by atoms with Crippen LogP contribution in [-0.2, 0) is 0 Å². The lowest BCUT2D eigenvalue weighted by Gasteiger charge is -2.13. The van der Waals surface area contributed by atoms with E-state index in [9.17, 15) is 4.79 Å². The van der Waals surface area contributed by atoms with Crippen LogP contribution >= 0.6 is 0 Å². The topological polar surface area (TPSA) is 55.4 Å². The van der Waals surface area contributed by atoms with E-state index in [1.807, 2.05) is 18.3 Å². The smallest absolute Gasteiger partial charge is 0.248 e. The average molecular weight is 218 g/mol. The number of primary amides is 1. The molecule has 1 amide bonds. The molecule has 0 atom stereocenters. The molecule has 0 aliphatic rings. The van der Waals surface area contributed by atoms with Gasteiger partial charge < -0.3 is 5.73 Å². The Morgan fingerprint density at radius 1 is 1.31 bits per heavy atom. The van der Waals surface area contributed by atoms with Crippen molar-refractivity contribution in [2.75, 3.05) is 6.54 Å². The molecule has 1 aromatic rings. The van der Waals surface area contributed by atoms with Crippen molar-refractivity contribution in [1.29, 1.82) is 0 Å². The molecule has 2 N–H and O–H groups in total. The Bertz CT molecular complexity index is 385. The van der Waals surface area contributed by atoms with E-state index in [0.29, 0.717) is 5.56 Å². The lowest BCUT2D eigenvalue weighted by molar-refractivity contribution is 0.100. The van der Waals surface area contributed by atoms with Crippen molar-refractivity contribution < 1.29 is 4.79 Å². The van der Waals surface area contributed by atoms with Crippen molar-refractivity contribution in [3.05, 3.63) is 35.4 Å². The molecule has 1 rings (SSSR count). The summed E-state index contributed by atoms with van der Waals surface area (Å²) in [5.41, 5.74) is 6.85. The third-order valence-electron chi connectivity index (χ3n) is 2.00. The SMILES string of the molecule is CC(C)(C)CN=Cc1ccc(C(N)=O)cc1. The van der Waals surface area contributed by atoms with Crippen LogP contribution < -0.4 is 5.73 Å².